The molecule has 2 heterocycles. The van der Waals surface area contributed by atoms with Crippen LogP contribution in [0.3, 0.4) is 0 Å². The van der Waals surface area contributed by atoms with Gasteiger partial charge in [0.15, 0.2) is 10.3 Å². The molecule has 6 nitrogen and oxygen atoms in total. The van der Waals surface area contributed by atoms with E-state index in [1.54, 1.807) is 0 Å². The molecule has 0 aliphatic heterocycles. The van der Waals surface area contributed by atoms with Crippen LogP contribution in [0.15, 0.2) is 4.73 Å². The molecule has 2 aliphatic rings. The lowest BCUT2D eigenvalue weighted by molar-refractivity contribution is 0.265. The lowest BCUT2D eigenvalue weighted by atomic mass is 9.80. The lowest BCUT2D eigenvalue weighted by Gasteiger charge is -2.32. The summed E-state index contributed by atoms with van der Waals surface area (Å²) in [7, 11) is 0. The summed E-state index contributed by atoms with van der Waals surface area (Å²) in [6.07, 6.45) is 8.97. The molecule has 0 amide bonds. The molecule has 2 aromatic heterocycles. The average Bonchev–Trinajstić information content (AvgIpc) is 2.90. The number of nitrogens with one attached hydrogen (secondary N) is 1. The van der Waals surface area contributed by atoms with E-state index in [9.17, 15) is 0 Å². The number of hydrogen-bond acceptors (Lipinski definition) is 4. The molecule has 2 aliphatic carbocycles. The summed E-state index contributed by atoms with van der Waals surface area (Å²) in [6.45, 7) is 12.8. The van der Waals surface area contributed by atoms with Crippen LogP contribution in [-0.2, 0) is 6.54 Å². The van der Waals surface area contributed by atoms with Gasteiger partial charge in [-0.3, -0.25) is 0 Å². The highest BCUT2D eigenvalue weighted by Gasteiger charge is 2.28. The molecular formula is C20H27BrN6. The van der Waals surface area contributed by atoms with Gasteiger partial charge in [-0.2, -0.15) is 4.98 Å². The molecule has 7 heteroatoms. The zero-order chi connectivity index (χ0) is 19.0. The van der Waals surface area contributed by atoms with E-state index >= 15 is 0 Å². The Labute approximate surface area is 169 Å². The fraction of sp³-hybridized carbons (Fsp3) is 0.700. The highest BCUT2D eigenvalue weighted by atomic mass is 79.9. The van der Waals surface area contributed by atoms with Gasteiger partial charge in [-0.1, -0.05) is 26.2 Å². The van der Waals surface area contributed by atoms with E-state index in [-0.39, 0.29) is 5.95 Å². The molecule has 0 aromatic carbocycles. The second-order valence-electron chi connectivity index (χ2n) is 8.40. The van der Waals surface area contributed by atoms with Crippen molar-refractivity contribution in [1.82, 2.24) is 19.5 Å². The van der Waals surface area contributed by atoms with E-state index in [1.165, 1.54) is 44.9 Å². The minimum Gasteiger partial charge on any atom is -0.394 e. The predicted octanol–water partition coefficient (Wildman–Crippen LogP) is 5.57. The van der Waals surface area contributed by atoms with Gasteiger partial charge in [0.2, 0.25) is 11.5 Å². The van der Waals surface area contributed by atoms with Gasteiger partial charge < -0.3 is 14.7 Å². The SMILES string of the molecule is [C-]#[N+]c1nc(N[C@H](C)C2CCC2)c2c(n1)nc(Br)n2CC1CCC(C)CC1. The minimum atomic E-state index is 0.162. The third-order valence-electron chi connectivity index (χ3n) is 6.44. The van der Waals surface area contributed by atoms with Crippen molar-refractivity contribution in [3.05, 3.63) is 16.2 Å². The summed E-state index contributed by atoms with van der Waals surface area (Å²) in [5.41, 5.74) is 1.54. The van der Waals surface area contributed by atoms with Crippen LogP contribution in [0.5, 0.6) is 0 Å². The Morgan fingerprint density at radius 1 is 1.19 bits per heavy atom. The number of hydrogen-bond donors (Lipinski definition) is 1. The van der Waals surface area contributed by atoms with Crippen molar-refractivity contribution in [1.29, 1.82) is 0 Å². The van der Waals surface area contributed by atoms with Crippen LogP contribution < -0.4 is 5.32 Å². The molecule has 0 bridgehead atoms. The summed E-state index contributed by atoms with van der Waals surface area (Å²) in [4.78, 5) is 16.9. The zero-order valence-corrected chi connectivity index (χ0v) is 17.7. The number of rotatable bonds is 5. The standard InChI is InChI=1S/C20H27BrN6/c1-12-7-9-14(10-8-12)11-27-16-17(23-13(2)15-5-4-6-15)25-20(22-3)26-18(16)24-19(27)21/h12-15H,4-11H2,1-2H3,(H,23,25,26)/t12?,13-,14?/m1/s1. The Hall–Kier alpha value is -1.68. The second kappa shape index (κ2) is 7.75. The van der Waals surface area contributed by atoms with E-state index in [2.05, 4.69) is 59.5 Å². The average molecular weight is 431 g/mol. The monoisotopic (exact) mass is 430 g/mol. The number of imidazole rings is 1. The molecule has 4 rings (SSSR count). The molecule has 2 fully saturated rings. The maximum Gasteiger partial charge on any atom is 0.375 e. The highest BCUT2D eigenvalue weighted by Crippen LogP contribution is 2.35. The zero-order valence-electron chi connectivity index (χ0n) is 16.1. The van der Waals surface area contributed by atoms with Gasteiger partial charge in [0, 0.05) is 12.6 Å². The molecule has 2 saturated carbocycles. The fourth-order valence-electron chi connectivity index (χ4n) is 4.36. The molecule has 2 aromatic rings. The molecule has 0 unspecified atom stereocenters. The number of halogens is 1. The van der Waals surface area contributed by atoms with Crippen LogP contribution in [0.1, 0.15) is 58.8 Å². The largest absolute Gasteiger partial charge is 0.394 e. The highest BCUT2D eigenvalue weighted by molar-refractivity contribution is 9.10. The summed E-state index contributed by atoms with van der Waals surface area (Å²) in [6, 6.07) is 0.341. The first-order valence-electron chi connectivity index (χ1n) is 10.1. The summed E-state index contributed by atoms with van der Waals surface area (Å²) < 4.78 is 2.99. The van der Waals surface area contributed by atoms with Gasteiger partial charge in [-0.15, -0.1) is 16.5 Å². The molecular weight excluding hydrogens is 404 g/mol. The number of nitrogens with zero attached hydrogens (tertiary/aromatic N) is 5. The van der Waals surface area contributed by atoms with Crippen LogP contribution >= 0.6 is 15.9 Å². The third-order valence-corrected chi connectivity index (χ3v) is 7.05. The van der Waals surface area contributed by atoms with Crippen LogP contribution in [0, 0.1) is 24.3 Å². The van der Waals surface area contributed by atoms with E-state index in [1.807, 2.05) is 0 Å². The van der Waals surface area contributed by atoms with Crippen molar-refractivity contribution >= 4 is 38.9 Å². The molecule has 1 atom stereocenters. The van der Waals surface area contributed by atoms with Gasteiger partial charge in [0.25, 0.3) is 0 Å². The minimum absolute atomic E-state index is 0.162. The van der Waals surface area contributed by atoms with E-state index < -0.39 is 0 Å². The van der Waals surface area contributed by atoms with Gasteiger partial charge in [0.1, 0.15) is 0 Å². The van der Waals surface area contributed by atoms with Crippen molar-refractivity contribution in [2.45, 2.75) is 71.4 Å². The Morgan fingerprint density at radius 3 is 2.56 bits per heavy atom. The van der Waals surface area contributed by atoms with E-state index in [4.69, 9.17) is 6.57 Å². The lowest BCUT2D eigenvalue weighted by Crippen LogP contribution is -2.31. The number of fused-ring (bicyclic) bond motifs is 1. The summed E-state index contributed by atoms with van der Waals surface area (Å²) >= 11 is 3.63. The summed E-state index contributed by atoms with van der Waals surface area (Å²) in [5, 5.41) is 3.58. The van der Waals surface area contributed by atoms with Crippen LogP contribution in [0.2, 0.25) is 0 Å². The third kappa shape index (κ3) is 3.82. The van der Waals surface area contributed by atoms with Crippen LogP contribution in [0.25, 0.3) is 16.0 Å². The Morgan fingerprint density at radius 2 is 1.93 bits per heavy atom. The van der Waals surface area contributed by atoms with Crippen LogP contribution in [0.4, 0.5) is 11.8 Å². The predicted molar refractivity (Wildman–Crippen MR) is 111 cm³/mol. The van der Waals surface area contributed by atoms with Gasteiger partial charge in [0.05, 0.1) is 0 Å². The van der Waals surface area contributed by atoms with Gasteiger partial charge >= 0.3 is 5.95 Å². The number of aromatic nitrogens is 4. The van der Waals surface area contributed by atoms with E-state index in [0.29, 0.717) is 23.5 Å². The van der Waals surface area contributed by atoms with Crippen molar-refractivity contribution in [3.63, 3.8) is 0 Å². The fourth-order valence-corrected chi connectivity index (χ4v) is 4.85. The maximum atomic E-state index is 7.34. The van der Waals surface area contributed by atoms with Crippen molar-refractivity contribution in [2.75, 3.05) is 5.32 Å². The molecule has 0 spiro atoms. The topological polar surface area (TPSA) is 60.0 Å². The van der Waals surface area contributed by atoms with E-state index in [0.717, 1.165) is 28.5 Å². The van der Waals surface area contributed by atoms with Crippen molar-refractivity contribution in [2.24, 2.45) is 17.8 Å². The first-order chi connectivity index (χ1) is 13.0. The van der Waals surface area contributed by atoms with Crippen molar-refractivity contribution in [3.8, 4) is 0 Å². The molecule has 1 N–H and O–H groups in total. The maximum absolute atomic E-state index is 7.34. The molecule has 144 valence electrons. The van der Waals surface area contributed by atoms with Crippen LogP contribution in [-0.4, -0.2) is 25.6 Å². The first-order valence-corrected chi connectivity index (χ1v) is 10.9. The van der Waals surface area contributed by atoms with Crippen molar-refractivity contribution < 1.29 is 0 Å². The smallest absolute Gasteiger partial charge is 0.375 e. The Balaban J connectivity index is 1.68. The normalized spacial score (nSPS) is 24.4. The first kappa shape index (κ1) is 18.7. The second-order valence-corrected chi connectivity index (χ2v) is 9.11. The summed E-state index contributed by atoms with van der Waals surface area (Å²) in [5.74, 6) is 3.11. The Kier molecular flexibility index (Phi) is 5.36. The number of anilines is 1. The molecule has 0 radical (unpaired) electrons. The quantitative estimate of drug-likeness (QED) is 0.497. The Bertz CT molecular complexity index is 857. The molecule has 0 saturated heterocycles. The molecule has 27 heavy (non-hydrogen) atoms. The van der Waals surface area contributed by atoms with Gasteiger partial charge in [-0.25, -0.2) is 0 Å². The van der Waals surface area contributed by atoms with Gasteiger partial charge in [-0.05, 0) is 66.3 Å².